The first-order chi connectivity index (χ1) is 14.4. The van der Waals surface area contributed by atoms with Crippen LogP contribution in [-0.4, -0.2) is 34.0 Å². The Morgan fingerprint density at radius 1 is 1.23 bits per heavy atom. The number of benzene rings is 1. The lowest BCUT2D eigenvalue weighted by Gasteiger charge is -2.30. The minimum absolute atomic E-state index is 0.0387. The molecule has 2 aliphatic carbocycles. The molecule has 4 rings (SSSR count). The van der Waals surface area contributed by atoms with Crippen molar-refractivity contribution in [1.82, 2.24) is 5.32 Å². The first kappa shape index (κ1) is 21.2. The molecule has 1 amide bonds. The zero-order valence-electron chi connectivity index (χ0n) is 17.3. The molecule has 2 saturated carbocycles. The zero-order valence-corrected chi connectivity index (χ0v) is 18.9. The number of nitrogens with zero attached hydrogens (tertiary/aromatic N) is 1. The van der Waals surface area contributed by atoms with Crippen LogP contribution in [0.4, 0.5) is 5.69 Å². The molecule has 0 saturated heterocycles. The van der Waals surface area contributed by atoms with Crippen LogP contribution in [0.5, 0.6) is 5.75 Å². The third kappa shape index (κ3) is 4.07. The van der Waals surface area contributed by atoms with E-state index in [9.17, 15) is 13.2 Å². The summed E-state index contributed by atoms with van der Waals surface area (Å²) < 4.78 is 33.4. The molecule has 8 heteroatoms. The molecule has 0 radical (unpaired) electrons. The van der Waals surface area contributed by atoms with Crippen LogP contribution >= 0.6 is 11.3 Å². The van der Waals surface area contributed by atoms with Gasteiger partial charge in [0.15, 0.2) is 0 Å². The van der Waals surface area contributed by atoms with Crippen LogP contribution in [0.15, 0.2) is 46.0 Å². The van der Waals surface area contributed by atoms with Crippen molar-refractivity contribution in [2.75, 3.05) is 18.0 Å². The van der Waals surface area contributed by atoms with Crippen molar-refractivity contribution in [3.8, 4) is 5.75 Å². The molecule has 1 aromatic heterocycles. The van der Waals surface area contributed by atoms with Gasteiger partial charge in [0.05, 0.1) is 12.8 Å². The molecule has 0 aliphatic heterocycles. The summed E-state index contributed by atoms with van der Waals surface area (Å²) in [6.07, 6.45) is 4.99. The summed E-state index contributed by atoms with van der Waals surface area (Å²) in [5, 5.41) is 4.79. The van der Waals surface area contributed by atoms with E-state index in [1.807, 2.05) is 6.92 Å². The van der Waals surface area contributed by atoms with E-state index in [0.717, 1.165) is 28.0 Å². The highest BCUT2D eigenvalue weighted by Crippen LogP contribution is 2.49. The molecular formula is C22H28N2O4S2. The van der Waals surface area contributed by atoms with Crippen LogP contribution in [0.2, 0.25) is 0 Å². The van der Waals surface area contributed by atoms with Crippen molar-refractivity contribution in [1.29, 1.82) is 0 Å². The predicted octanol–water partition coefficient (Wildman–Crippen LogP) is 3.89. The van der Waals surface area contributed by atoms with E-state index in [4.69, 9.17) is 4.74 Å². The van der Waals surface area contributed by atoms with Gasteiger partial charge in [-0.15, -0.1) is 11.3 Å². The Balaban J connectivity index is 1.56. The molecule has 2 aromatic rings. The number of methoxy groups -OCH3 is 1. The highest BCUT2D eigenvalue weighted by molar-refractivity contribution is 7.94. The van der Waals surface area contributed by atoms with E-state index in [0.29, 0.717) is 23.3 Å². The summed E-state index contributed by atoms with van der Waals surface area (Å²) in [4.78, 5) is 13.0. The summed E-state index contributed by atoms with van der Waals surface area (Å²) in [5.41, 5.74) is 0.358. The summed E-state index contributed by atoms with van der Waals surface area (Å²) in [6.45, 7) is 1.76. The quantitative estimate of drug-likeness (QED) is 0.665. The molecule has 162 valence electrons. The lowest BCUT2D eigenvalue weighted by molar-refractivity contribution is -0.120. The van der Waals surface area contributed by atoms with Gasteiger partial charge < -0.3 is 10.1 Å². The van der Waals surface area contributed by atoms with Gasteiger partial charge in [0.25, 0.3) is 10.0 Å². The number of hydrogen-bond donors (Lipinski definition) is 1. The number of rotatable bonds is 8. The molecular weight excluding hydrogens is 420 g/mol. The number of amides is 1. The highest BCUT2D eigenvalue weighted by atomic mass is 32.2. The van der Waals surface area contributed by atoms with Crippen LogP contribution in [-0.2, 0) is 14.8 Å². The van der Waals surface area contributed by atoms with Crippen molar-refractivity contribution < 1.29 is 17.9 Å². The van der Waals surface area contributed by atoms with Crippen molar-refractivity contribution in [3.63, 3.8) is 0 Å². The van der Waals surface area contributed by atoms with E-state index in [-0.39, 0.29) is 22.7 Å². The second kappa shape index (κ2) is 8.59. The Morgan fingerprint density at radius 2 is 2.03 bits per heavy atom. The van der Waals surface area contributed by atoms with Gasteiger partial charge in [0.2, 0.25) is 5.91 Å². The molecule has 1 N–H and O–H groups in total. The smallest absolute Gasteiger partial charge is 0.274 e. The summed E-state index contributed by atoms with van der Waals surface area (Å²) in [7, 11) is -2.40. The van der Waals surface area contributed by atoms with Crippen LogP contribution in [0.3, 0.4) is 0 Å². The molecule has 0 unspecified atom stereocenters. The van der Waals surface area contributed by atoms with Crippen LogP contribution in [0.1, 0.15) is 32.6 Å². The van der Waals surface area contributed by atoms with Crippen molar-refractivity contribution in [3.05, 3.63) is 41.8 Å². The summed E-state index contributed by atoms with van der Waals surface area (Å²) in [5.74, 6) is 2.08. The van der Waals surface area contributed by atoms with Crippen LogP contribution < -0.4 is 14.4 Å². The average molecular weight is 449 g/mol. The molecule has 6 nitrogen and oxygen atoms in total. The van der Waals surface area contributed by atoms with Gasteiger partial charge in [-0.3, -0.25) is 9.10 Å². The van der Waals surface area contributed by atoms with Crippen molar-refractivity contribution >= 4 is 33.0 Å². The number of nitrogens with one attached hydrogen (secondary N) is 1. The van der Waals surface area contributed by atoms with E-state index in [1.54, 1.807) is 41.8 Å². The minimum atomic E-state index is -3.89. The monoisotopic (exact) mass is 448 g/mol. The Labute approximate surface area is 182 Å². The first-order valence-electron chi connectivity index (χ1n) is 10.4. The van der Waals surface area contributed by atoms with Gasteiger partial charge in [-0.2, -0.15) is 0 Å². The lowest BCUT2D eigenvalue weighted by Crippen LogP contribution is -2.46. The third-order valence-electron chi connectivity index (χ3n) is 6.50. The molecule has 2 bridgehead atoms. The first-order valence-corrected chi connectivity index (χ1v) is 12.7. The van der Waals surface area contributed by atoms with E-state index in [1.165, 1.54) is 26.4 Å². The number of anilines is 1. The van der Waals surface area contributed by atoms with Crippen molar-refractivity contribution in [2.45, 2.75) is 42.9 Å². The van der Waals surface area contributed by atoms with E-state index >= 15 is 0 Å². The fraction of sp³-hybridized carbons (Fsp3) is 0.500. The maximum absolute atomic E-state index is 13.3. The third-order valence-corrected chi connectivity index (χ3v) is 9.64. The number of sulfonamides is 1. The predicted molar refractivity (Wildman–Crippen MR) is 118 cm³/mol. The fourth-order valence-corrected chi connectivity index (χ4v) is 7.63. The Bertz CT molecular complexity index is 990. The second-order valence-corrected chi connectivity index (χ2v) is 11.3. The number of fused-ring (bicyclic) bond motifs is 2. The molecule has 1 heterocycles. The molecule has 30 heavy (non-hydrogen) atoms. The van der Waals surface area contributed by atoms with Gasteiger partial charge in [-0.05, 0) is 67.5 Å². The number of thiophene rings is 1. The van der Waals surface area contributed by atoms with Crippen LogP contribution in [0, 0.1) is 17.8 Å². The molecule has 2 aliphatic rings. The van der Waals surface area contributed by atoms with Gasteiger partial charge in [-0.1, -0.05) is 24.6 Å². The second-order valence-electron chi connectivity index (χ2n) is 8.31. The van der Waals surface area contributed by atoms with E-state index in [2.05, 4.69) is 5.32 Å². The maximum atomic E-state index is 13.3. The van der Waals surface area contributed by atoms with E-state index < -0.39 is 10.0 Å². The Morgan fingerprint density at radius 3 is 2.67 bits per heavy atom. The summed E-state index contributed by atoms with van der Waals surface area (Å²) >= 11 is 1.13. The molecule has 1 aromatic carbocycles. The lowest BCUT2D eigenvalue weighted by atomic mass is 9.84. The Kier molecular flexibility index (Phi) is 6.06. The standard InChI is InChI=1S/C22H28N2O4S2/c1-15(18-13-16-9-10-17(18)12-16)23-21(25)14-24(19-6-3-4-7-20(19)28-2)30(26,27)22-8-5-11-29-22/h3-8,11,15-18H,9-10,12-14H2,1-2H3,(H,23,25)/t15-,16+,17+,18+/m1/s1. The fourth-order valence-electron chi connectivity index (χ4n) is 5.10. The largest absolute Gasteiger partial charge is 0.495 e. The molecule has 0 spiro atoms. The number of para-hydroxylation sites is 2. The maximum Gasteiger partial charge on any atom is 0.274 e. The van der Waals surface area contributed by atoms with Gasteiger partial charge in [0.1, 0.15) is 16.5 Å². The topological polar surface area (TPSA) is 75.7 Å². The molecule has 2 fully saturated rings. The number of carbonyl (C=O) groups excluding carboxylic acids is 1. The number of ether oxygens (including phenoxy) is 1. The van der Waals surface area contributed by atoms with Gasteiger partial charge in [0, 0.05) is 6.04 Å². The normalized spacial score (nSPS) is 23.9. The van der Waals surface area contributed by atoms with Gasteiger partial charge in [-0.25, -0.2) is 8.42 Å². The van der Waals surface area contributed by atoms with Crippen LogP contribution in [0.25, 0.3) is 0 Å². The molecule has 4 atom stereocenters. The number of hydrogen-bond acceptors (Lipinski definition) is 5. The Hall–Kier alpha value is -2.06. The number of carbonyl (C=O) groups is 1. The SMILES string of the molecule is COc1ccccc1N(CC(=O)N[C@H](C)[C@@H]1C[C@H]2CC[C@H]1C2)S(=O)(=O)c1cccs1. The van der Waals surface area contributed by atoms with Crippen molar-refractivity contribution in [2.24, 2.45) is 17.8 Å². The van der Waals surface area contributed by atoms with Gasteiger partial charge >= 0.3 is 0 Å². The average Bonchev–Trinajstić information content (AvgIpc) is 3.50. The highest BCUT2D eigenvalue weighted by Gasteiger charge is 2.42. The minimum Gasteiger partial charge on any atom is -0.495 e. The summed E-state index contributed by atoms with van der Waals surface area (Å²) in [6, 6.07) is 10.2. The zero-order chi connectivity index (χ0) is 21.3.